The molecule has 5 nitrogen and oxygen atoms in total. The molecule has 1 heterocycles. The molecule has 4 N–H and O–H groups in total. The van der Waals surface area contributed by atoms with Crippen LogP contribution in [0.5, 0.6) is 0 Å². The molecular formula is C12H10ClN5S. The number of thioether (sulfide) groups is 1. The molecule has 7 heteroatoms. The molecule has 0 bridgehead atoms. The van der Waals surface area contributed by atoms with Gasteiger partial charge in [-0.3, -0.25) is 0 Å². The number of anilines is 2. The maximum absolute atomic E-state index is 8.76. The summed E-state index contributed by atoms with van der Waals surface area (Å²) in [5, 5.41) is 9.80. The maximum atomic E-state index is 8.76. The topological polar surface area (TPSA) is 102 Å². The van der Waals surface area contributed by atoms with Gasteiger partial charge in [-0.1, -0.05) is 29.4 Å². The molecule has 0 radical (unpaired) electrons. The fraction of sp³-hybridized carbons (Fsp3) is 0.0833. The number of aromatic nitrogens is 2. The van der Waals surface area contributed by atoms with Crippen molar-refractivity contribution in [2.75, 3.05) is 11.5 Å². The van der Waals surface area contributed by atoms with Gasteiger partial charge in [0.2, 0.25) is 0 Å². The van der Waals surface area contributed by atoms with E-state index in [9.17, 15) is 0 Å². The number of rotatable bonds is 3. The zero-order valence-electron chi connectivity index (χ0n) is 9.80. The molecule has 19 heavy (non-hydrogen) atoms. The molecule has 0 saturated heterocycles. The SMILES string of the molecule is N#Cc1ccc(CSc2nc(N)cc(N)n2)c(Cl)c1. The first-order valence-corrected chi connectivity index (χ1v) is 6.66. The Hall–Kier alpha value is -1.97. The van der Waals surface area contributed by atoms with Gasteiger partial charge in [-0.05, 0) is 17.7 Å². The summed E-state index contributed by atoms with van der Waals surface area (Å²) < 4.78 is 0. The van der Waals surface area contributed by atoms with E-state index in [0.29, 0.717) is 33.1 Å². The van der Waals surface area contributed by atoms with Gasteiger partial charge in [0.15, 0.2) is 5.16 Å². The lowest BCUT2D eigenvalue weighted by molar-refractivity contribution is 0.984. The van der Waals surface area contributed by atoms with Crippen molar-refractivity contribution in [1.82, 2.24) is 9.97 Å². The molecule has 96 valence electrons. The minimum absolute atomic E-state index is 0.334. The summed E-state index contributed by atoms with van der Waals surface area (Å²) in [6.45, 7) is 0. The van der Waals surface area contributed by atoms with Gasteiger partial charge in [0, 0.05) is 16.8 Å². The molecule has 0 aliphatic rings. The van der Waals surface area contributed by atoms with E-state index < -0.39 is 0 Å². The highest BCUT2D eigenvalue weighted by molar-refractivity contribution is 7.98. The van der Waals surface area contributed by atoms with Crippen LogP contribution in [0.2, 0.25) is 5.02 Å². The van der Waals surface area contributed by atoms with Gasteiger partial charge in [0.05, 0.1) is 11.6 Å². The molecule has 0 aliphatic carbocycles. The Balaban J connectivity index is 2.12. The van der Waals surface area contributed by atoms with Crippen molar-refractivity contribution in [1.29, 1.82) is 5.26 Å². The molecular weight excluding hydrogens is 282 g/mol. The van der Waals surface area contributed by atoms with Crippen LogP contribution in [0.15, 0.2) is 29.4 Å². The first-order valence-electron chi connectivity index (χ1n) is 5.30. The second kappa shape index (κ2) is 5.78. The van der Waals surface area contributed by atoms with E-state index in [1.807, 2.05) is 12.1 Å². The normalized spacial score (nSPS) is 10.1. The van der Waals surface area contributed by atoms with Crippen molar-refractivity contribution in [3.8, 4) is 6.07 Å². The maximum Gasteiger partial charge on any atom is 0.191 e. The zero-order chi connectivity index (χ0) is 13.8. The highest BCUT2D eigenvalue weighted by Crippen LogP contribution is 2.26. The van der Waals surface area contributed by atoms with Crippen molar-refractivity contribution in [2.45, 2.75) is 10.9 Å². The summed E-state index contributed by atoms with van der Waals surface area (Å²) in [5.41, 5.74) is 12.6. The van der Waals surface area contributed by atoms with E-state index in [0.717, 1.165) is 5.56 Å². The Morgan fingerprint density at radius 3 is 2.47 bits per heavy atom. The number of hydrogen-bond acceptors (Lipinski definition) is 6. The highest BCUT2D eigenvalue weighted by atomic mass is 35.5. The Labute approximate surface area is 119 Å². The lowest BCUT2D eigenvalue weighted by atomic mass is 10.2. The minimum Gasteiger partial charge on any atom is -0.383 e. The smallest absolute Gasteiger partial charge is 0.191 e. The third kappa shape index (κ3) is 3.50. The Bertz CT molecular complexity index is 633. The summed E-state index contributed by atoms with van der Waals surface area (Å²) in [5.74, 6) is 1.25. The molecule has 2 rings (SSSR count). The first-order chi connectivity index (χ1) is 9.08. The van der Waals surface area contributed by atoms with Crippen molar-refractivity contribution >= 4 is 35.0 Å². The van der Waals surface area contributed by atoms with Crippen LogP contribution in [0.25, 0.3) is 0 Å². The number of nitrogens with zero attached hydrogens (tertiary/aromatic N) is 3. The molecule has 0 spiro atoms. The van der Waals surface area contributed by atoms with Gasteiger partial charge in [-0.25, -0.2) is 9.97 Å². The standard InChI is InChI=1S/C12H10ClN5S/c13-9-3-7(5-14)1-2-8(9)6-19-12-17-10(15)4-11(16)18-12/h1-4H,6H2,(H4,15,16,17,18). The quantitative estimate of drug-likeness (QED) is 0.665. The molecule has 0 fully saturated rings. The van der Waals surface area contributed by atoms with E-state index in [1.165, 1.54) is 17.8 Å². The van der Waals surface area contributed by atoms with Crippen LogP contribution in [0, 0.1) is 11.3 Å². The first kappa shape index (κ1) is 13.5. The molecule has 0 amide bonds. The zero-order valence-corrected chi connectivity index (χ0v) is 11.4. The van der Waals surface area contributed by atoms with Crippen molar-refractivity contribution < 1.29 is 0 Å². The van der Waals surface area contributed by atoms with Crippen LogP contribution in [-0.4, -0.2) is 9.97 Å². The fourth-order valence-electron chi connectivity index (χ4n) is 1.40. The second-order valence-electron chi connectivity index (χ2n) is 3.71. The number of nitrogen functional groups attached to an aromatic ring is 2. The summed E-state index contributed by atoms with van der Waals surface area (Å²) >= 11 is 7.46. The van der Waals surface area contributed by atoms with E-state index in [1.54, 1.807) is 12.1 Å². The van der Waals surface area contributed by atoms with Gasteiger partial charge in [-0.2, -0.15) is 5.26 Å². The minimum atomic E-state index is 0.334. The number of benzene rings is 1. The molecule has 0 saturated carbocycles. The van der Waals surface area contributed by atoms with Crippen LogP contribution >= 0.6 is 23.4 Å². The largest absolute Gasteiger partial charge is 0.383 e. The average Bonchev–Trinajstić information content (AvgIpc) is 2.36. The lowest BCUT2D eigenvalue weighted by Gasteiger charge is -2.05. The number of nitriles is 1. The summed E-state index contributed by atoms with van der Waals surface area (Å²) in [6.07, 6.45) is 0. The van der Waals surface area contributed by atoms with Crippen LogP contribution in [0.3, 0.4) is 0 Å². The van der Waals surface area contributed by atoms with Crippen LogP contribution in [0.1, 0.15) is 11.1 Å². The van der Waals surface area contributed by atoms with Crippen molar-refractivity contribution in [3.63, 3.8) is 0 Å². The van der Waals surface area contributed by atoms with Gasteiger partial charge in [-0.15, -0.1) is 0 Å². The van der Waals surface area contributed by atoms with Crippen molar-refractivity contribution in [3.05, 3.63) is 40.4 Å². The summed E-state index contributed by atoms with van der Waals surface area (Å²) in [4.78, 5) is 8.13. The number of nitrogens with two attached hydrogens (primary N) is 2. The van der Waals surface area contributed by atoms with E-state index >= 15 is 0 Å². The molecule has 0 aliphatic heterocycles. The molecule has 1 aromatic heterocycles. The van der Waals surface area contributed by atoms with Crippen LogP contribution in [0.4, 0.5) is 11.6 Å². The van der Waals surface area contributed by atoms with E-state index in [2.05, 4.69) is 9.97 Å². The number of halogens is 1. The van der Waals surface area contributed by atoms with Crippen LogP contribution in [-0.2, 0) is 5.75 Å². The van der Waals surface area contributed by atoms with Gasteiger partial charge < -0.3 is 11.5 Å². The fourth-order valence-corrected chi connectivity index (χ4v) is 2.61. The molecule has 0 atom stereocenters. The predicted octanol–water partition coefficient (Wildman–Crippen LogP) is 2.46. The molecule has 1 aromatic carbocycles. The predicted molar refractivity (Wildman–Crippen MR) is 76.6 cm³/mol. The van der Waals surface area contributed by atoms with E-state index in [4.69, 9.17) is 28.3 Å². The second-order valence-corrected chi connectivity index (χ2v) is 5.06. The Morgan fingerprint density at radius 2 is 1.89 bits per heavy atom. The third-order valence-electron chi connectivity index (χ3n) is 2.28. The monoisotopic (exact) mass is 291 g/mol. The van der Waals surface area contributed by atoms with E-state index in [-0.39, 0.29) is 0 Å². The highest BCUT2D eigenvalue weighted by Gasteiger charge is 2.06. The van der Waals surface area contributed by atoms with Gasteiger partial charge in [0.1, 0.15) is 11.6 Å². The summed E-state index contributed by atoms with van der Waals surface area (Å²) in [7, 11) is 0. The molecule has 2 aromatic rings. The lowest BCUT2D eigenvalue weighted by Crippen LogP contribution is -1.99. The Kier molecular flexibility index (Phi) is 4.10. The van der Waals surface area contributed by atoms with Crippen molar-refractivity contribution in [2.24, 2.45) is 0 Å². The van der Waals surface area contributed by atoms with Crippen LogP contribution < -0.4 is 11.5 Å². The van der Waals surface area contributed by atoms with Gasteiger partial charge in [0.25, 0.3) is 0 Å². The molecule has 0 unspecified atom stereocenters. The number of hydrogen-bond donors (Lipinski definition) is 2. The third-order valence-corrected chi connectivity index (χ3v) is 3.53. The van der Waals surface area contributed by atoms with Gasteiger partial charge >= 0.3 is 0 Å². The Morgan fingerprint density at radius 1 is 1.21 bits per heavy atom. The average molecular weight is 292 g/mol. The summed E-state index contributed by atoms with van der Waals surface area (Å²) in [6, 6.07) is 8.69.